The van der Waals surface area contributed by atoms with Gasteiger partial charge in [0.1, 0.15) is 0 Å². The van der Waals surface area contributed by atoms with Gasteiger partial charge in [0.05, 0.1) is 0 Å². The van der Waals surface area contributed by atoms with Crippen LogP contribution >= 0.6 is 11.8 Å². The van der Waals surface area contributed by atoms with Gasteiger partial charge in [-0.15, -0.1) is 0 Å². The quantitative estimate of drug-likeness (QED) is 0.635. The summed E-state index contributed by atoms with van der Waals surface area (Å²) in [6.45, 7) is 2.67. The molecular formula is C9H15NO2S. The lowest BCUT2D eigenvalue weighted by atomic mass is 10.2. The molecule has 1 rings (SSSR count). The molecule has 0 bridgehead atoms. The van der Waals surface area contributed by atoms with Crippen molar-refractivity contribution in [3.63, 3.8) is 0 Å². The van der Waals surface area contributed by atoms with E-state index in [2.05, 4.69) is 6.92 Å². The Labute approximate surface area is 82.9 Å². The van der Waals surface area contributed by atoms with Crippen LogP contribution in [0.4, 0.5) is 0 Å². The van der Waals surface area contributed by atoms with E-state index in [9.17, 15) is 9.59 Å². The first-order valence-electron chi connectivity index (χ1n) is 4.53. The molecule has 0 N–H and O–H groups in total. The van der Waals surface area contributed by atoms with Crippen LogP contribution in [0, 0.1) is 0 Å². The molecule has 0 saturated carbocycles. The molecule has 1 amide bonds. The predicted octanol–water partition coefficient (Wildman–Crippen LogP) is 0.929. The number of carbonyl (C=O) groups excluding carboxylic acids is 2. The normalized spacial score (nSPS) is 19.7. The second kappa shape index (κ2) is 4.65. The van der Waals surface area contributed by atoms with E-state index < -0.39 is 0 Å². The average Bonchev–Trinajstić information content (AvgIpc) is 2.45. The van der Waals surface area contributed by atoms with Crippen LogP contribution in [0.2, 0.25) is 0 Å². The zero-order valence-corrected chi connectivity index (χ0v) is 8.89. The highest BCUT2D eigenvalue weighted by Crippen LogP contribution is 2.16. The Balaban J connectivity index is 2.59. The lowest BCUT2D eigenvalue weighted by Gasteiger charge is -2.25. The fourth-order valence-corrected chi connectivity index (χ4v) is 2.36. The molecule has 0 radical (unpaired) electrons. The second-order valence-electron chi connectivity index (χ2n) is 3.19. The number of thioether (sulfide) groups is 1. The van der Waals surface area contributed by atoms with E-state index in [1.165, 1.54) is 0 Å². The largest absolute Gasteiger partial charge is 0.332 e. The van der Waals surface area contributed by atoms with Crippen LogP contribution in [0.5, 0.6) is 0 Å². The Morgan fingerprint density at radius 3 is 2.62 bits per heavy atom. The maximum absolute atomic E-state index is 11.3. The second-order valence-corrected chi connectivity index (χ2v) is 4.10. The molecule has 0 aromatic carbocycles. The van der Waals surface area contributed by atoms with E-state index in [0.717, 1.165) is 12.2 Å². The fraction of sp³-hybridized carbons (Fsp3) is 0.778. The molecule has 1 saturated heterocycles. The topological polar surface area (TPSA) is 37.4 Å². The number of nitrogens with zero attached hydrogens (tertiary/aromatic N) is 1. The monoisotopic (exact) mass is 201 g/mol. The molecule has 1 unspecified atom stereocenters. The van der Waals surface area contributed by atoms with Crippen molar-refractivity contribution < 1.29 is 9.59 Å². The summed E-state index contributed by atoms with van der Waals surface area (Å²) in [5, 5.41) is 0. The highest BCUT2D eigenvalue weighted by atomic mass is 32.2. The highest BCUT2D eigenvalue weighted by Gasteiger charge is 2.33. The van der Waals surface area contributed by atoms with E-state index in [1.807, 2.05) is 6.26 Å². The number of hydrogen-bond acceptors (Lipinski definition) is 3. The van der Waals surface area contributed by atoms with E-state index in [0.29, 0.717) is 13.0 Å². The molecule has 74 valence electrons. The summed E-state index contributed by atoms with van der Waals surface area (Å²) in [5.74, 6) is 0.427. The third-order valence-corrected chi connectivity index (χ3v) is 3.07. The molecule has 0 aliphatic carbocycles. The summed E-state index contributed by atoms with van der Waals surface area (Å²) in [6, 6.07) is 0.244. The number of hydrogen-bond donors (Lipinski definition) is 0. The zero-order chi connectivity index (χ0) is 9.84. The summed E-state index contributed by atoms with van der Waals surface area (Å²) in [6.07, 6.45) is 3.36. The minimum Gasteiger partial charge on any atom is -0.332 e. The predicted molar refractivity (Wildman–Crippen MR) is 53.8 cm³/mol. The molecule has 13 heavy (non-hydrogen) atoms. The van der Waals surface area contributed by atoms with Crippen LogP contribution in [0.25, 0.3) is 0 Å². The van der Waals surface area contributed by atoms with Gasteiger partial charge in [0.15, 0.2) is 0 Å². The number of carbonyl (C=O) groups is 2. The Morgan fingerprint density at radius 2 is 2.23 bits per heavy atom. The molecule has 1 aliphatic heterocycles. The number of Topliss-reactive ketones (excluding diaryl/α,β-unsaturated/α-hetero) is 1. The number of likely N-dealkylation sites (tertiary alicyclic amines) is 1. The summed E-state index contributed by atoms with van der Waals surface area (Å²) < 4.78 is 0. The van der Waals surface area contributed by atoms with Gasteiger partial charge in [-0.1, -0.05) is 6.92 Å². The van der Waals surface area contributed by atoms with Crippen molar-refractivity contribution in [3.05, 3.63) is 0 Å². The summed E-state index contributed by atoms with van der Waals surface area (Å²) >= 11 is 1.72. The molecule has 1 aliphatic rings. The van der Waals surface area contributed by atoms with E-state index in [-0.39, 0.29) is 17.7 Å². The smallest absolute Gasteiger partial charge is 0.290 e. The van der Waals surface area contributed by atoms with Gasteiger partial charge < -0.3 is 4.90 Å². The van der Waals surface area contributed by atoms with Crippen LogP contribution in [0.15, 0.2) is 0 Å². The van der Waals surface area contributed by atoms with Crippen molar-refractivity contribution >= 4 is 23.5 Å². The Hall–Kier alpha value is -0.510. The number of amides is 1. The number of rotatable bonds is 4. The molecule has 1 heterocycles. The van der Waals surface area contributed by atoms with Gasteiger partial charge in [-0.05, 0) is 12.7 Å². The maximum Gasteiger partial charge on any atom is 0.290 e. The van der Waals surface area contributed by atoms with Crippen molar-refractivity contribution in [2.75, 3.05) is 18.6 Å². The average molecular weight is 201 g/mol. The van der Waals surface area contributed by atoms with Crippen molar-refractivity contribution in [1.29, 1.82) is 0 Å². The minimum atomic E-state index is -0.277. The first kappa shape index (κ1) is 10.6. The number of ketones is 1. The molecule has 4 heteroatoms. The van der Waals surface area contributed by atoms with E-state index in [4.69, 9.17) is 0 Å². The van der Waals surface area contributed by atoms with E-state index >= 15 is 0 Å². The highest BCUT2D eigenvalue weighted by molar-refractivity contribution is 7.98. The fourth-order valence-electron chi connectivity index (χ4n) is 1.56. The molecule has 1 atom stereocenters. The SMILES string of the molecule is CCC(CSC)N1CCC(=O)C1=O. The first-order valence-corrected chi connectivity index (χ1v) is 5.92. The first-order chi connectivity index (χ1) is 6.20. The van der Waals surface area contributed by atoms with Crippen LogP contribution in [-0.4, -0.2) is 41.2 Å². The van der Waals surface area contributed by atoms with Crippen molar-refractivity contribution in [1.82, 2.24) is 4.90 Å². The van der Waals surface area contributed by atoms with Gasteiger partial charge in [0.2, 0.25) is 5.78 Å². The molecular weight excluding hydrogens is 186 g/mol. The molecule has 0 aromatic heterocycles. The van der Waals surface area contributed by atoms with Crippen molar-refractivity contribution in [3.8, 4) is 0 Å². The lowest BCUT2D eigenvalue weighted by molar-refractivity contribution is -0.141. The standard InChI is InChI=1S/C9H15NO2S/c1-3-7(6-13-2)10-5-4-8(11)9(10)12/h7H,3-6H2,1-2H3. The van der Waals surface area contributed by atoms with Gasteiger partial charge in [-0.25, -0.2) is 0 Å². The third kappa shape index (κ3) is 2.24. The Morgan fingerprint density at radius 1 is 1.54 bits per heavy atom. The summed E-state index contributed by atoms with van der Waals surface area (Å²) in [7, 11) is 0. The summed E-state index contributed by atoms with van der Waals surface area (Å²) in [5.41, 5.74) is 0. The van der Waals surface area contributed by atoms with Gasteiger partial charge in [0, 0.05) is 24.8 Å². The van der Waals surface area contributed by atoms with Gasteiger partial charge in [-0.2, -0.15) is 11.8 Å². The Kier molecular flexibility index (Phi) is 3.78. The van der Waals surface area contributed by atoms with Crippen LogP contribution < -0.4 is 0 Å². The molecule has 0 aromatic rings. The van der Waals surface area contributed by atoms with Gasteiger partial charge >= 0.3 is 0 Å². The summed E-state index contributed by atoms with van der Waals surface area (Å²) in [4.78, 5) is 24.1. The maximum atomic E-state index is 11.3. The van der Waals surface area contributed by atoms with Crippen LogP contribution in [0.1, 0.15) is 19.8 Å². The van der Waals surface area contributed by atoms with Gasteiger partial charge in [-0.3, -0.25) is 9.59 Å². The van der Waals surface area contributed by atoms with Crippen LogP contribution in [-0.2, 0) is 9.59 Å². The van der Waals surface area contributed by atoms with Crippen molar-refractivity contribution in [2.24, 2.45) is 0 Å². The van der Waals surface area contributed by atoms with E-state index in [1.54, 1.807) is 16.7 Å². The van der Waals surface area contributed by atoms with Crippen LogP contribution in [0.3, 0.4) is 0 Å². The lowest BCUT2D eigenvalue weighted by Crippen LogP contribution is -2.38. The Bertz CT molecular complexity index is 218. The molecule has 3 nitrogen and oxygen atoms in total. The minimum absolute atomic E-state index is 0.223. The van der Waals surface area contributed by atoms with Crippen molar-refractivity contribution in [2.45, 2.75) is 25.8 Å². The molecule has 1 fully saturated rings. The molecule has 0 spiro atoms. The van der Waals surface area contributed by atoms with Gasteiger partial charge in [0.25, 0.3) is 5.91 Å². The third-order valence-electron chi connectivity index (χ3n) is 2.35. The zero-order valence-electron chi connectivity index (χ0n) is 8.08.